The van der Waals surface area contributed by atoms with Gasteiger partial charge in [0.1, 0.15) is 0 Å². The van der Waals surface area contributed by atoms with Crippen molar-refractivity contribution in [3.8, 4) is 0 Å². The van der Waals surface area contributed by atoms with E-state index in [1.807, 2.05) is 20.2 Å². The topological polar surface area (TPSA) is 3.24 Å². The zero-order valence-electron chi connectivity index (χ0n) is 7.13. The number of aryl methyl sites for hydroxylation is 1. The summed E-state index contributed by atoms with van der Waals surface area (Å²) in [6, 6.07) is 6.21. The molecule has 0 amide bonds. The van der Waals surface area contributed by atoms with Crippen molar-refractivity contribution in [3.63, 3.8) is 0 Å². The van der Waals surface area contributed by atoms with Crippen LogP contribution in [0.5, 0.6) is 0 Å². The van der Waals surface area contributed by atoms with Crippen molar-refractivity contribution in [1.82, 2.24) is 0 Å². The van der Waals surface area contributed by atoms with Gasteiger partial charge in [-0.1, -0.05) is 0 Å². The van der Waals surface area contributed by atoms with Crippen molar-refractivity contribution < 1.29 is 0 Å². The van der Waals surface area contributed by atoms with Crippen molar-refractivity contribution in [2.75, 3.05) is 19.0 Å². The molecule has 0 radical (unpaired) electrons. The average molecular weight is 167 g/mol. The molecule has 60 valence electrons. The van der Waals surface area contributed by atoms with Crippen molar-refractivity contribution >= 4 is 18.3 Å². The molecule has 1 nitrogen and oxygen atoms in total. The van der Waals surface area contributed by atoms with Crippen molar-refractivity contribution in [2.45, 2.75) is 11.8 Å². The van der Waals surface area contributed by atoms with E-state index in [9.17, 15) is 0 Å². The fourth-order valence-corrected chi connectivity index (χ4v) is 1.06. The summed E-state index contributed by atoms with van der Waals surface area (Å²) < 4.78 is 0. The van der Waals surface area contributed by atoms with E-state index < -0.39 is 0 Å². The van der Waals surface area contributed by atoms with Gasteiger partial charge in [-0.05, 0) is 30.7 Å². The van der Waals surface area contributed by atoms with Gasteiger partial charge in [0, 0.05) is 24.7 Å². The summed E-state index contributed by atoms with van der Waals surface area (Å²) in [7, 11) is 4.07. The lowest BCUT2D eigenvalue weighted by Crippen LogP contribution is -2.08. The molecule has 0 aliphatic heterocycles. The van der Waals surface area contributed by atoms with Crippen LogP contribution < -0.4 is 4.90 Å². The summed E-state index contributed by atoms with van der Waals surface area (Å²) in [5.41, 5.74) is 2.44. The molecular formula is C9H13NS. The molecule has 2 heteroatoms. The Balaban J connectivity index is 3.05. The van der Waals surface area contributed by atoms with Crippen LogP contribution in [-0.2, 0) is 0 Å². The lowest BCUT2D eigenvalue weighted by Gasteiger charge is -2.13. The molecule has 1 rings (SSSR count). The highest BCUT2D eigenvalue weighted by molar-refractivity contribution is 7.80. The van der Waals surface area contributed by atoms with Gasteiger partial charge in [0.25, 0.3) is 0 Å². The minimum absolute atomic E-state index is 1.05. The molecule has 0 spiro atoms. The predicted octanol–water partition coefficient (Wildman–Crippen LogP) is 2.35. The third kappa shape index (κ3) is 1.90. The van der Waals surface area contributed by atoms with E-state index in [1.165, 1.54) is 11.3 Å². The Kier molecular flexibility index (Phi) is 2.45. The predicted molar refractivity (Wildman–Crippen MR) is 52.8 cm³/mol. The summed E-state index contributed by atoms with van der Waals surface area (Å²) in [5, 5.41) is 0. The van der Waals surface area contributed by atoms with Gasteiger partial charge in [-0.3, -0.25) is 0 Å². The molecule has 0 unspecified atom stereocenters. The van der Waals surface area contributed by atoms with Crippen LogP contribution in [0.1, 0.15) is 5.56 Å². The highest BCUT2D eigenvalue weighted by Gasteiger charge is 1.96. The second kappa shape index (κ2) is 3.18. The Hall–Kier alpha value is -0.630. The zero-order valence-corrected chi connectivity index (χ0v) is 8.02. The number of nitrogens with zero attached hydrogens (tertiary/aromatic N) is 1. The van der Waals surface area contributed by atoms with Crippen LogP contribution in [0.15, 0.2) is 23.1 Å². The van der Waals surface area contributed by atoms with E-state index in [0.717, 1.165) is 4.90 Å². The number of hydrogen-bond donors (Lipinski definition) is 1. The van der Waals surface area contributed by atoms with E-state index in [4.69, 9.17) is 0 Å². The SMILES string of the molecule is Cc1cc(N(C)C)ccc1S. The lowest BCUT2D eigenvalue weighted by molar-refractivity contribution is 1.12. The van der Waals surface area contributed by atoms with E-state index in [1.54, 1.807) is 0 Å². The number of benzene rings is 1. The molecule has 0 aliphatic carbocycles. The van der Waals surface area contributed by atoms with Gasteiger partial charge < -0.3 is 4.90 Å². The average Bonchev–Trinajstić information content (AvgIpc) is 1.94. The Morgan fingerprint density at radius 1 is 1.27 bits per heavy atom. The largest absolute Gasteiger partial charge is 0.378 e. The van der Waals surface area contributed by atoms with Gasteiger partial charge in [0.2, 0.25) is 0 Å². The second-order valence-corrected chi connectivity index (χ2v) is 3.35. The van der Waals surface area contributed by atoms with Crippen LogP contribution in [0.3, 0.4) is 0 Å². The molecule has 11 heavy (non-hydrogen) atoms. The number of rotatable bonds is 1. The van der Waals surface area contributed by atoms with E-state index in [2.05, 4.69) is 36.6 Å². The monoisotopic (exact) mass is 167 g/mol. The molecule has 0 N–H and O–H groups in total. The fourth-order valence-electron chi connectivity index (χ4n) is 0.918. The van der Waals surface area contributed by atoms with Gasteiger partial charge in [-0.2, -0.15) is 0 Å². The van der Waals surface area contributed by atoms with Gasteiger partial charge in [-0.25, -0.2) is 0 Å². The van der Waals surface area contributed by atoms with Crippen LogP contribution in [0.4, 0.5) is 5.69 Å². The first-order valence-electron chi connectivity index (χ1n) is 3.58. The normalized spacial score (nSPS) is 9.82. The third-order valence-electron chi connectivity index (χ3n) is 1.70. The summed E-state index contributed by atoms with van der Waals surface area (Å²) in [4.78, 5) is 3.14. The summed E-state index contributed by atoms with van der Waals surface area (Å²) in [5.74, 6) is 0. The molecule has 0 aliphatic rings. The smallest absolute Gasteiger partial charge is 0.0364 e. The first kappa shape index (κ1) is 8.47. The molecule has 0 saturated heterocycles. The minimum Gasteiger partial charge on any atom is -0.378 e. The van der Waals surface area contributed by atoms with Crippen LogP contribution in [0.2, 0.25) is 0 Å². The number of hydrogen-bond acceptors (Lipinski definition) is 2. The van der Waals surface area contributed by atoms with Crippen LogP contribution in [0, 0.1) is 6.92 Å². The Morgan fingerprint density at radius 2 is 1.91 bits per heavy atom. The zero-order chi connectivity index (χ0) is 8.43. The Bertz CT molecular complexity index is 256. The number of anilines is 1. The van der Waals surface area contributed by atoms with Gasteiger partial charge in [-0.15, -0.1) is 12.6 Å². The molecule has 1 aromatic carbocycles. The highest BCUT2D eigenvalue weighted by Crippen LogP contribution is 2.19. The van der Waals surface area contributed by atoms with E-state index >= 15 is 0 Å². The van der Waals surface area contributed by atoms with Gasteiger partial charge >= 0.3 is 0 Å². The van der Waals surface area contributed by atoms with Crippen molar-refractivity contribution in [3.05, 3.63) is 23.8 Å². The van der Waals surface area contributed by atoms with Gasteiger partial charge in [0.15, 0.2) is 0 Å². The van der Waals surface area contributed by atoms with Crippen LogP contribution in [-0.4, -0.2) is 14.1 Å². The molecular weight excluding hydrogens is 154 g/mol. The maximum atomic E-state index is 4.29. The maximum Gasteiger partial charge on any atom is 0.0364 e. The first-order chi connectivity index (χ1) is 5.11. The Morgan fingerprint density at radius 3 is 2.36 bits per heavy atom. The molecule has 1 aromatic rings. The van der Waals surface area contributed by atoms with Crippen molar-refractivity contribution in [2.24, 2.45) is 0 Å². The standard InChI is InChI=1S/C9H13NS/c1-7-6-8(10(2)3)4-5-9(7)11/h4-6,11H,1-3H3. The third-order valence-corrected chi connectivity index (χ3v) is 2.20. The summed E-state index contributed by atoms with van der Waals surface area (Å²) >= 11 is 4.29. The first-order valence-corrected chi connectivity index (χ1v) is 4.03. The second-order valence-electron chi connectivity index (χ2n) is 2.87. The van der Waals surface area contributed by atoms with Crippen molar-refractivity contribution in [1.29, 1.82) is 0 Å². The lowest BCUT2D eigenvalue weighted by atomic mass is 10.2. The fraction of sp³-hybridized carbons (Fsp3) is 0.333. The van der Waals surface area contributed by atoms with Gasteiger partial charge in [0.05, 0.1) is 0 Å². The number of thiol groups is 1. The van der Waals surface area contributed by atoms with E-state index in [-0.39, 0.29) is 0 Å². The maximum absolute atomic E-state index is 4.29. The molecule has 0 fully saturated rings. The van der Waals surface area contributed by atoms with E-state index in [0.29, 0.717) is 0 Å². The minimum atomic E-state index is 1.05. The summed E-state index contributed by atoms with van der Waals surface area (Å²) in [6.07, 6.45) is 0. The Labute approximate surface area is 73.4 Å². The highest BCUT2D eigenvalue weighted by atomic mass is 32.1. The summed E-state index contributed by atoms with van der Waals surface area (Å²) in [6.45, 7) is 2.06. The molecule has 0 bridgehead atoms. The molecule has 0 heterocycles. The molecule has 0 saturated carbocycles. The molecule has 0 aromatic heterocycles. The molecule has 0 atom stereocenters. The van der Waals surface area contributed by atoms with Crippen LogP contribution >= 0.6 is 12.6 Å². The quantitative estimate of drug-likeness (QED) is 0.628. The van der Waals surface area contributed by atoms with Crippen LogP contribution in [0.25, 0.3) is 0 Å².